The lowest BCUT2D eigenvalue weighted by atomic mass is 10.3. The van der Waals surface area contributed by atoms with Crippen molar-refractivity contribution in [1.82, 2.24) is 10.6 Å². The van der Waals surface area contributed by atoms with Gasteiger partial charge in [-0.05, 0) is 6.92 Å². The van der Waals surface area contributed by atoms with Crippen LogP contribution in [0.1, 0.15) is 27.2 Å². The lowest BCUT2D eigenvalue weighted by Gasteiger charge is -2.11. The Kier molecular flexibility index (Phi) is 15.8. The fraction of sp³-hybridized carbons (Fsp3) is 0.938. The van der Waals surface area contributed by atoms with Gasteiger partial charge in [0.05, 0.1) is 38.3 Å². The molecule has 0 aliphatic carbocycles. The fourth-order valence-corrected chi connectivity index (χ4v) is 1.73. The van der Waals surface area contributed by atoms with Crippen molar-refractivity contribution < 1.29 is 23.4 Å². The maximum absolute atomic E-state index is 13.5. The number of amides is 1. The van der Waals surface area contributed by atoms with E-state index in [1.807, 2.05) is 0 Å². The van der Waals surface area contributed by atoms with Gasteiger partial charge in [-0.15, -0.1) is 0 Å². The quantitative estimate of drug-likeness (QED) is 0.282. The molecule has 2 N–H and O–H groups in total. The smallest absolute Gasteiger partial charge is 0.232 e. The number of ether oxygens (including phenoxy) is 3. The summed E-state index contributed by atoms with van der Waals surface area (Å²) < 4.78 is 29.5. The number of carbonyl (C=O) groups excluding carboxylic acids is 1. The molecule has 0 aromatic rings. The Hall–Kier alpha value is -0.410. The van der Waals surface area contributed by atoms with Crippen molar-refractivity contribution in [2.75, 3.05) is 52.7 Å². The molecule has 8 heteroatoms. The van der Waals surface area contributed by atoms with Crippen LogP contribution in [0.4, 0.5) is 4.39 Å². The Morgan fingerprint density at radius 1 is 1.00 bits per heavy atom. The average molecular weight is 369 g/mol. The van der Waals surface area contributed by atoms with Crippen molar-refractivity contribution in [1.29, 1.82) is 0 Å². The second-order valence-electron chi connectivity index (χ2n) is 5.75. The van der Waals surface area contributed by atoms with Gasteiger partial charge in [-0.1, -0.05) is 13.8 Å². The predicted molar refractivity (Wildman–Crippen MR) is 96.6 cm³/mol. The first kappa shape index (κ1) is 23.6. The normalized spacial score (nSPS) is 13.9. The number of hydrogen-bond acceptors (Lipinski definition) is 6. The fourth-order valence-electron chi connectivity index (χ4n) is 1.63. The number of thiol groups is 1. The van der Waals surface area contributed by atoms with Gasteiger partial charge in [-0.25, -0.2) is 4.39 Å². The number of halogens is 1. The van der Waals surface area contributed by atoms with Crippen molar-refractivity contribution in [2.45, 2.75) is 44.7 Å². The third kappa shape index (κ3) is 16.4. The highest BCUT2D eigenvalue weighted by Gasteiger charge is 2.11. The molecule has 2 atom stereocenters. The van der Waals surface area contributed by atoms with E-state index in [9.17, 15) is 9.18 Å². The molecule has 0 saturated heterocycles. The minimum Gasteiger partial charge on any atom is -0.379 e. The lowest BCUT2D eigenvalue weighted by molar-refractivity contribution is -0.120. The van der Waals surface area contributed by atoms with E-state index in [0.29, 0.717) is 45.7 Å². The number of alkyl halides is 1. The van der Waals surface area contributed by atoms with Gasteiger partial charge in [0.15, 0.2) is 0 Å². The van der Waals surface area contributed by atoms with Crippen LogP contribution in [0.3, 0.4) is 0 Å². The highest BCUT2D eigenvalue weighted by molar-refractivity contribution is 7.81. The van der Waals surface area contributed by atoms with E-state index in [0.717, 1.165) is 6.54 Å². The summed E-state index contributed by atoms with van der Waals surface area (Å²) in [7, 11) is 0. The second-order valence-corrected chi connectivity index (χ2v) is 6.53. The van der Waals surface area contributed by atoms with Crippen molar-refractivity contribution >= 4 is 18.5 Å². The summed E-state index contributed by atoms with van der Waals surface area (Å²) in [6.45, 7) is 9.56. The zero-order valence-electron chi connectivity index (χ0n) is 15.1. The predicted octanol–water partition coefficient (Wildman–Crippen LogP) is 1.20. The third-order valence-electron chi connectivity index (χ3n) is 3.00. The molecule has 0 heterocycles. The molecule has 0 radical (unpaired) electrons. The summed E-state index contributed by atoms with van der Waals surface area (Å²) in [5.41, 5.74) is 0. The van der Waals surface area contributed by atoms with Crippen molar-refractivity contribution in [3.05, 3.63) is 0 Å². The molecule has 0 aliphatic rings. The Bertz CT molecular complexity index is 310. The number of hydrogen-bond donors (Lipinski definition) is 3. The van der Waals surface area contributed by atoms with Gasteiger partial charge < -0.3 is 24.8 Å². The molecule has 2 unspecified atom stereocenters. The molecule has 0 saturated carbocycles. The zero-order chi connectivity index (χ0) is 18.2. The standard InChI is InChI=1S/C16H33FN2O4S/c1-13(2)18-5-7-22-9-11-23-10-8-21-6-4-15(17)12-19-16(20)14(3)24/h13-15,18,24H,4-12H2,1-3H3,(H,19,20). The largest absolute Gasteiger partial charge is 0.379 e. The van der Waals surface area contributed by atoms with E-state index in [1.165, 1.54) is 0 Å². The topological polar surface area (TPSA) is 68.8 Å². The summed E-state index contributed by atoms with van der Waals surface area (Å²) >= 11 is 3.97. The molecule has 0 rings (SSSR count). The van der Waals surface area contributed by atoms with Gasteiger partial charge in [-0.3, -0.25) is 4.79 Å². The van der Waals surface area contributed by atoms with Crippen molar-refractivity contribution in [3.63, 3.8) is 0 Å². The lowest BCUT2D eigenvalue weighted by Crippen LogP contribution is -2.35. The van der Waals surface area contributed by atoms with Crippen LogP contribution < -0.4 is 10.6 Å². The van der Waals surface area contributed by atoms with Crippen LogP contribution in [0.2, 0.25) is 0 Å². The molecular formula is C16H33FN2O4S. The van der Waals surface area contributed by atoms with Gasteiger partial charge in [0.25, 0.3) is 0 Å². The maximum Gasteiger partial charge on any atom is 0.232 e. The highest BCUT2D eigenvalue weighted by atomic mass is 32.1. The van der Waals surface area contributed by atoms with Crippen LogP contribution in [0.15, 0.2) is 0 Å². The minimum atomic E-state index is -1.12. The van der Waals surface area contributed by atoms with Crippen molar-refractivity contribution in [2.24, 2.45) is 0 Å². The molecule has 0 spiro atoms. The molecule has 1 amide bonds. The highest BCUT2D eigenvalue weighted by Crippen LogP contribution is 1.98. The molecular weight excluding hydrogens is 335 g/mol. The third-order valence-corrected chi connectivity index (χ3v) is 3.23. The van der Waals surface area contributed by atoms with Crippen LogP contribution in [0.5, 0.6) is 0 Å². The monoisotopic (exact) mass is 368 g/mol. The first-order chi connectivity index (χ1) is 11.4. The molecule has 0 aromatic carbocycles. The van der Waals surface area contributed by atoms with E-state index in [-0.39, 0.29) is 18.9 Å². The Morgan fingerprint density at radius 3 is 2.08 bits per heavy atom. The summed E-state index contributed by atoms with van der Waals surface area (Å²) in [6, 6.07) is 0.466. The van der Waals surface area contributed by atoms with E-state index < -0.39 is 11.4 Å². The molecule has 6 nitrogen and oxygen atoms in total. The summed E-state index contributed by atoms with van der Waals surface area (Å²) in [5, 5.41) is 5.32. The Balaban J connectivity index is 3.23. The summed E-state index contributed by atoms with van der Waals surface area (Å²) in [6.07, 6.45) is -0.873. The molecule has 0 aromatic heterocycles. The van der Waals surface area contributed by atoms with E-state index in [2.05, 4.69) is 37.1 Å². The Morgan fingerprint density at radius 2 is 1.54 bits per heavy atom. The van der Waals surface area contributed by atoms with Crippen LogP contribution in [-0.4, -0.2) is 76.1 Å². The zero-order valence-corrected chi connectivity index (χ0v) is 15.9. The van der Waals surface area contributed by atoms with E-state index >= 15 is 0 Å². The molecule has 144 valence electrons. The summed E-state index contributed by atoms with van der Waals surface area (Å²) in [5.74, 6) is -0.266. The second kappa shape index (κ2) is 16.1. The molecule has 0 aliphatic heterocycles. The van der Waals surface area contributed by atoms with E-state index in [4.69, 9.17) is 14.2 Å². The first-order valence-corrected chi connectivity index (χ1v) is 9.01. The Labute approximate surface area is 150 Å². The van der Waals surface area contributed by atoms with Gasteiger partial charge in [0, 0.05) is 32.2 Å². The number of nitrogens with one attached hydrogen (secondary N) is 2. The van der Waals surface area contributed by atoms with Gasteiger partial charge in [0.1, 0.15) is 6.17 Å². The molecule has 0 fully saturated rings. The first-order valence-electron chi connectivity index (χ1n) is 8.50. The van der Waals surface area contributed by atoms with E-state index in [1.54, 1.807) is 6.92 Å². The summed E-state index contributed by atoms with van der Waals surface area (Å²) in [4.78, 5) is 11.2. The minimum absolute atomic E-state index is 0.00734. The molecule has 24 heavy (non-hydrogen) atoms. The average Bonchev–Trinajstić information content (AvgIpc) is 2.53. The van der Waals surface area contributed by atoms with Gasteiger partial charge in [-0.2, -0.15) is 12.6 Å². The van der Waals surface area contributed by atoms with Crippen LogP contribution >= 0.6 is 12.6 Å². The van der Waals surface area contributed by atoms with Crippen LogP contribution in [-0.2, 0) is 19.0 Å². The van der Waals surface area contributed by atoms with Gasteiger partial charge >= 0.3 is 0 Å². The molecule has 0 bridgehead atoms. The number of rotatable bonds is 16. The number of carbonyl (C=O) groups is 1. The van der Waals surface area contributed by atoms with Crippen LogP contribution in [0, 0.1) is 0 Å². The SMILES string of the molecule is CC(C)NCCOCCOCCOCCC(F)CNC(=O)C(C)S. The van der Waals surface area contributed by atoms with Gasteiger partial charge in [0.2, 0.25) is 5.91 Å². The maximum atomic E-state index is 13.5. The van der Waals surface area contributed by atoms with Crippen LogP contribution in [0.25, 0.3) is 0 Å². The van der Waals surface area contributed by atoms with Crippen molar-refractivity contribution in [3.8, 4) is 0 Å².